The molecule has 7 nitrogen and oxygen atoms in total. The van der Waals surface area contributed by atoms with Crippen molar-refractivity contribution >= 4 is 11.8 Å². The van der Waals surface area contributed by atoms with Crippen LogP contribution in [0.5, 0.6) is 17.2 Å². The standard InChI is InChI=1S/C11H16O2.2C11H16O.C11H16.2C10H11N.C10H14O.C10H14S.C9H12/c1-8(2)9-5-6-10(12-3)11(7-9)13-4;1-9(2)11-6-4-10(5-7-11)8-12-3;1-9(2)11-6-4-5-10(7-11)8-12-3;1-4-10-5-7-11(8-6-10)9(2)3;1-8(2)10-5-3-9(7-11)4-6-10;1-8(2)10-5-3-4-9(6-10)7-11;2*1-8(2)9-4-6-10(11-3)7-5-9;1-8(2)9-6-4-3-5-7-9/h5-8H,1-4H3;2*4-7,9H,8H2,1-3H3;5-9H,4H2,1-3H3;2*3-6,8H,1-2H3;2*4-8H,1-3H3;3-8H,1-2H3. The van der Waals surface area contributed by atoms with Crippen LogP contribution >= 0.6 is 11.8 Å². The number of nitriles is 2. The number of hydrogen-bond donors (Lipinski definition) is 0. The lowest BCUT2D eigenvalue weighted by molar-refractivity contribution is 0.185. The molecule has 0 N–H and O–H groups in total. The lowest BCUT2D eigenvalue weighted by atomic mass is 10.0. The Balaban J connectivity index is 0.000000569. The maximum Gasteiger partial charge on any atom is 0.160 e. The third kappa shape index (κ3) is 38.3. The van der Waals surface area contributed by atoms with Gasteiger partial charge in [-0.15, -0.1) is 11.8 Å². The molecule has 0 atom stereocenters. The van der Waals surface area contributed by atoms with Crippen LogP contribution in [-0.4, -0.2) is 41.8 Å². The Bertz CT molecular complexity index is 3510. The molecule has 0 bridgehead atoms. The maximum absolute atomic E-state index is 8.59. The fraction of sp³-hybridized carbons (Fsp3) is 0.398. The molecule has 544 valence electrons. The van der Waals surface area contributed by atoms with Crippen molar-refractivity contribution in [2.24, 2.45) is 0 Å². The summed E-state index contributed by atoms with van der Waals surface area (Å²) in [4.78, 5) is 1.34. The second-order valence-corrected chi connectivity index (χ2v) is 28.3. The van der Waals surface area contributed by atoms with E-state index in [9.17, 15) is 0 Å². The molecule has 0 saturated heterocycles. The topological polar surface area (TPSA) is 93.7 Å². The summed E-state index contributed by atoms with van der Waals surface area (Å²) in [6.07, 6.45) is 3.24. The second-order valence-electron chi connectivity index (χ2n) is 27.4. The third-order valence-corrected chi connectivity index (χ3v) is 17.2. The zero-order valence-corrected chi connectivity index (χ0v) is 67.3. The van der Waals surface area contributed by atoms with Gasteiger partial charge in [0.05, 0.1) is 57.8 Å². The molecule has 0 radical (unpaired) electrons. The molecular weight excluding hydrogens is 1260 g/mol. The molecule has 8 heteroatoms. The number of nitrogens with zero attached hydrogens (tertiary/aromatic N) is 2. The molecule has 101 heavy (non-hydrogen) atoms. The zero-order valence-electron chi connectivity index (χ0n) is 66.4. The highest BCUT2D eigenvalue weighted by molar-refractivity contribution is 7.98. The van der Waals surface area contributed by atoms with Gasteiger partial charge in [0.1, 0.15) is 5.75 Å². The molecule has 9 aromatic carbocycles. The average Bonchev–Trinajstić information content (AvgIpc) is 0.916. The molecule has 0 aliphatic heterocycles. The molecule has 0 aliphatic rings. The van der Waals surface area contributed by atoms with Crippen molar-refractivity contribution in [3.05, 3.63) is 296 Å². The number of aryl methyl sites for hydroxylation is 1. The van der Waals surface area contributed by atoms with Crippen LogP contribution in [0.15, 0.2) is 223 Å². The summed E-state index contributed by atoms with van der Waals surface area (Å²) in [5, 5.41) is 17.1. The smallest absolute Gasteiger partial charge is 0.160 e. The fourth-order valence-electron chi connectivity index (χ4n) is 9.45. The first kappa shape index (κ1) is 90.6. The number of thioether (sulfide) groups is 1. The predicted octanol–water partition coefficient (Wildman–Crippen LogP) is 26.6. The maximum atomic E-state index is 8.59. The Kier molecular flexibility index (Phi) is 47.2. The van der Waals surface area contributed by atoms with E-state index in [4.69, 9.17) is 34.2 Å². The van der Waals surface area contributed by atoms with Crippen LogP contribution < -0.4 is 14.2 Å². The van der Waals surface area contributed by atoms with Crippen molar-refractivity contribution in [3.8, 4) is 29.4 Å². The molecule has 9 rings (SSSR count). The largest absolute Gasteiger partial charge is 0.497 e. The highest BCUT2D eigenvalue weighted by Gasteiger charge is 2.08. The van der Waals surface area contributed by atoms with Gasteiger partial charge in [-0.2, -0.15) is 10.5 Å². The average molecular weight is 1380 g/mol. The van der Waals surface area contributed by atoms with Crippen LogP contribution in [0.3, 0.4) is 0 Å². The van der Waals surface area contributed by atoms with Gasteiger partial charge in [0, 0.05) is 19.1 Å². The van der Waals surface area contributed by atoms with E-state index in [0.29, 0.717) is 66.5 Å². The number of hydrogen-bond acceptors (Lipinski definition) is 8. The van der Waals surface area contributed by atoms with Crippen LogP contribution in [0.2, 0.25) is 0 Å². The Morgan fingerprint density at radius 2 is 0.634 bits per heavy atom. The van der Waals surface area contributed by atoms with Crippen LogP contribution in [0.1, 0.15) is 263 Å². The highest BCUT2D eigenvalue weighted by Crippen LogP contribution is 2.30. The van der Waals surface area contributed by atoms with E-state index in [2.05, 4.69) is 289 Å². The minimum absolute atomic E-state index is 0.503. The van der Waals surface area contributed by atoms with Crippen molar-refractivity contribution in [1.29, 1.82) is 10.5 Å². The second kappa shape index (κ2) is 52.6. The Morgan fingerprint density at radius 1 is 0.297 bits per heavy atom. The van der Waals surface area contributed by atoms with Gasteiger partial charge in [0.15, 0.2) is 11.5 Å². The number of ether oxygens (including phenoxy) is 5. The lowest BCUT2D eigenvalue weighted by Crippen LogP contribution is -1.93. The van der Waals surface area contributed by atoms with Crippen LogP contribution in [-0.2, 0) is 29.1 Å². The van der Waals surface area contributed by atoms with Crippen molar-refractivity contribution in [1.82, 2.24) is 0 Å². The summed E-state index contributed by atoms with van der Waals surface area (Å²) in [6.45, 7) is 42.9. The molecule has 0 fully saturated rings. The normalized spacial score (nSPS) is 10.3. The van der Waals surface area contributed by atoms with E-state index in [1.54, 1.807) is 47.3 Å². The lowest BCUT2D eigenvalue weighted by Gasteiger charge is -2.11. The summed E-state index contributed by atoms with van der Waals surface area (Å²) >= 11 is 1.79. The summed E-state index contributed by atoms with van der Waals surface area (Å²) in [7, 11) is 8.43. The van der Waals surface area contributed by atoms with Crippen LogP contribution in [0, 0.1) is 22.7 Å². The molecular formula is C93H126N2O5S. The van der Waals surface area contributed by atoms with Crippen molar-refractivity contribution in [2.45, 2.75) is 209 Å². The molecule has 0 saturated carbocycles. The number of methoxy groups -OCH3 is 5. The third-order valence-electron chi connectivity index (χ3n) is 16.4. The van der Waals surface area contributed by atoms with E-state index < -0.39 is 0 Å². The van der Waals surface area contributed by atoms with Gasteiger partial charge in [-0.3, -0.25) is 0 Å². The summed E-state index contributed by atoms with van der Waals surface area (Å²) in [6, 6.07) is 79.2. The van der Waals surface area contributed by atoms with E-state index in [1.165, 1.54) is 71.7 Å². The van der Waals surface area contributed by atoms with Gasteiger partial charge in [0.2, 0.25) is 0 Å². The fourth-order valence-corrected chi connectivity index (χ4v) is 9.86. The van der Waals surface area contributed by atoms with Crippen LogP contribution in [0.4, 0.5) is 0 Å². The monoisotopic (exact) mass is 1380 g/mol. The Hall–Kier alpha value is -8.37. The first-order valence-electron chi connectivity index (χ1n) is 35.9. The van der Waals surface area contributed by atoms with Crippen molar-refractivity contribution in [2.75, 3.05) is 41.8 Å². The molecule has 9 aromatic rings. The summed E-state index contributed by atoms with van der Waals surface area (Å²) in [5.74, 6) is 7.84. The summed E-state index contributed by atoms with van der Waals surface area (Å²) in [5.41, 5.74) is 17.5. The highest BCUT2D eigenvalue weighted by atomic mass is 32.2. The van der Waals surface area contributed by atoms with E-state index in [0.717, 1.165) is 34.8 Å². The zero-order chi connectivity index (χ0) is 75.8. The molecule has 0 unspecified atom stereocenters. The number of rotatable bonds is 18. The molecule has 0 aliphatic carbocycles. The number of benzene rings is 9. The quantitative estimate of drug-likeness (QED) is 0.0785. The minimum Gasteiger partial charge on any atom is -0.497 e. The Morgan fingerprint density at radius 3 is 1.00 bits per heavy atom. The van der Waals surface area contributed by atoms with Gasteiger partial charge < -0.3 is 23.7 Å². The minimum atomic E-state index is 0.503. The molecule has 0 heterocycles. The Labute approximate surface area is 619 Å². The van der Waals surface area contributed by atoms with Gasteiger partial charge in [-0.05, 0) is 193 Å². The SMILES string of the molecule is CC(C)c1ccc(C#N)cc1.CC(C)c1cccc(C#N)c1.CC(C)c1ccccc1.CCc1ccc(C(C)C)cc1.COCc1ccc(C(C)C)cc1.COCc1cccc(C(C)C)c1.COc1ccc(C(C)C)cc1.COc1ccc(C(C)C)cc1OC.CSc1ccc(C(C)C)cc1. The predicted molar refractivity (Wildman–Crippen MR) is 436 cm³/mol. The first-order valence-corrected chi connectivity index (χ1v) is 37.2. The van der Waals surface area contributed by atoms with Gasteiger partial charge >= 0.3 is 0 Å². The van der Waals surface area contributed by atoms with E-state index >= 15 is 0 Å². The molecule has 0 aromatic heterocycles. The van der Waals surface area contributed by atoms with E-state index in [-0.39, 0.29) is 0 Å². The van der Waals surface area contributed by atoms with Crippen molar-refractivity contribution < 1.29 is 23.7 Å². The first-order chi connectivity index (χ1) is 48.1. The summed E-state index contributed by atoms with van der Waals surface area (Å²) < 4.78 is 25.5. The van der Waals surface area contributed by atoms with Gasteiger partial charge in [-0.25, -0.2) is 0 Å². The van der Waals surface area contributed by atoms with E-state index in [1.807, 2.05) is 78.9 Å². The van der Waals surface area contributed by atoms with Crippen molar-refractivity contribution in [3.63, 3.8) is 0 Å². The molecule has 0 spiro atoms. The van der Waals surface area contributed by atoms with Gasteiger partial charge in [-0.1, -0.05) is 289 Å². The van der Waals surface area contributed by atoms with Gasteiger partial charge in [0.25, 0.3) is 0 Å². The van der Waals surface area contributed by atoms with Crippen LogP contribution in [0.25, 0.3) is 0 Å². The molecule has 0 amide bonds.